The Morgan fingerprint density at radius 1 is 1.35 bits per heavy atom. The summed E-state index contributed by atoms with van der Waals surface area (Å²) in [7, 11) is -2.08. The molecule has 5 nitrogen and oxygen atoms in total. The molecule has 2 aromatic rings. The third-order valence-electron chi connectivity index (χ3n) is 2.93. The Morgan fingerprint density at radius 2 is 2.00 bits per heavy atom. The van der Waals surface area contributed by atoms with Crippen molar-refractivity contribution in [1.29, 1.82) is 0 Å². The Balaban J connectivity index is 2.46. The van der Waals surface area contributed by atoms with Crippen molar-refractivity contribution in [1.82, 2.24) is 9.78 Å². The van der Waals surface area contributed by atoms with Gasteiger partial charge in [0.2, 0.25) is 0 Å². The molecular weight excluding hydrogens is 349 g/mol. The number of rotatable bonds is 3. The highest BCUT2D eigenvalue weighted by Crippen LogP contribution is 2.27. The quantitative estimate of drug-likeness (QED) is 0.913. The maximum atomic E-state index is 13.0. The van der Waals surface area contributed by atoms with Gasteiger partial charge in [-0.2, -0.15) is 5.10 Å². The second-order valence-electron chi connectivity index (χ2n) is 4.35. The van der Waals surface area contributed by atoms with Crippen LogP contribution in [-0.4, -0.2) is 18.2 Å². The van der Waals surface area contributed by atoms with E-state index in [-0.39, 0.29) is 9.37 Å². The topological polar surface area (TPSA) is 64.0 Å². The van der Waals surface area contributed by atoms with Crippen LogP contribution in [0.15, 0.2) is 27.6 Å². The molecule has 0 bridgehead atoms. The lowest BCUT2D eigenvalue weighted by atomic mass is 10.3. The van der Waals surface area contributed by atoms with Crippen molar-refractivity contribution >= 4 is 31.6 Å². The second kappa shape index (κ2) is 5.17. The average molecular weight is 362 g/mol. The van der Waals surface area contributed by atoms with Crippen LogP contribution in [0.4, 0.5) is 10.1 Å². The molecule has 1 aromatic heterocycles. The largest absolute Gasteiger partial charge is 0.276 e. The van der Waals surface area contributed by atoms with Crippen LogP contribution in [0.3, 0.4) is 0 Å². The summed E-state index contributed by atoms with van der Waals surface area (Å²) in [6.45, 7) is 3.47. The molecule has 0 unspecified atom stereocenters. The molecule has 0 aliphatic rings. The molecule has 0 saturated carbocycles. The molecule has 0 aliphatic heterocycles. The number of anilines is 1. The van der Waals surface area contributed by atoms with Crippen LogP contribution in [0.25, 0.3) is 0 Å². The molecule has 0 saturated heterocycles. The van der Waals surface area contributed by atoms with Gasteiger partial charge in [-0.05, 0) is 48.0 Å². The molecule has 1 heterocycles. The number of hydrogen-bond donors (Lipinski definition) is 1. The zero-order chi connectivity index (χ0) is 15.1. The van der Waals surface area contributed by atoms with Crippen LogP contribution in [0, 0.1) is 19.7 Å². The molecular formula is C12H13BrFN3O2S. The summed E-state index contributed by atoms with van der Waals surface area (Å²) in [5.74, 6) is -0.510. The highest BCUT2D eigenvalue weighted by molar-refractivity contribution is 9.10. The van der Waals surface area contributed by atoms with Crippen LogP contribution >= 0.6 is 15.9 Å². The monoisotopic (exact) mass is 361 g/mol. The zero-order valence-corrected chi connectivity index (χ0v) is 13.5. The number of aryl methyl sites for hydroxylation is 2. The predicted octanol–water partition coefficient (Wildman–Crippen LogP) is 2.74. The third kappa shape index (κ3) is 2.71. The average Bonchev–Trinajstić information content (AvgIpc) is 2.55. The third-order valence-corrected chi connectivity index (χ3v) is 5.26. The molecule has 20 heavy (non-hydrogen) atoms. The van der Waals surface area contributed by atoms with E-state index in [4.69, 9.17) is 0 Å². The number of halogens is 2. The van der Waals surface area contributed by atoms with E-state index in [0.29, 0.717) is 17.1 Å². The van der Waals surface area contributed by atoms with Gasteiger partial charge in [0.25, 0.3) is 10.0 Å². The van der Waals surface area contributed by atoms with Crippen molar-refractivity contribution in [3.05, 3.63) is 39.9 Å². The van der Waals surface area contributed by atoms with Crippen LogP contribution < -0.4 is 4.72 Å². The fraction of sp³-hybridized carbons (Fsp3) is 0.250. The van der Waals surface area contributed by atoms with Gasteiger partial charge in [0, 0.05) is 11.5 Å². The molecule has 1 N–H and O–H groups in total. The van der Waals surface area contributed by atoms with E-state index in [9.17, 15) is 12.8 Å². The lowest BCUT2D eigenvalue weighted by Gasteiger charge is -2.10. The Kier molecular flexibility index (Phi) is 3.88. The van der Waals surface area contributed by atoms with E-state index in [1.165, 1.54) is 6.07 Å². The summed E-state index contributed by atoms with van der Waals surface area (Å²) >= 11 is 3.06. The van der Waals surface area contributed by atoms with Gasteiger partial charge in [-0.1, -0.05) is 0 Å². The molecule has 0 spiro atoms. The van der Waals surface area contributed by atoms with Gasteiger partial charge < -0.3 is 0 Å². The molecule has 0 aliphatic carbocycles. The number of benzene rings is 1. The first-order valence-corrected chi connectivity index (χ1v) is 7.98. The van der Waals surface area contributed by atoms with E-state index in [1.54, 1.807) is 25.6 Å². The van der Waals surface area contributed by atoms with Crippen molar-refractivity contribution in [3.8, 4) is 0 Å². The van der Waals surface area contributed by atoms with Crippen LogP contribution in [-0.2, 0) is 17.1 Å². The van der Waals surface area contributed by atoms with Gasteiger partial charge in [-0.3, -0.25) is 9.40 Å². The smallest absolute Gasteiger partial charge is 0.263 e. The number of sulfonamides is 1. The molecule has 0 radical (unpaired) electrons. The van der Waals surface area contributed by atoms with Gasteiger partial charge in [-0.15, -0.1) is 0 Å². The van der Waals surface area contributed by atoms with Gasteiger partial charge in [-0.25, -0.2) is 12.8 Å². The summed E-state index contributed by atoms with van der Waals surface area (Å²) in [5.41, 5.74) is 1.71. The van der Waals surface area contributed by atoms with E-state index in [2.05, 4.69) is 25.8 Å². The number of aromatic nitrogens is 2. The first kappa shape index (κ1) is 15.0. The molecule has 8 heteroatoms. The fourth-order valence-electron chi connectivity index (χ4n) is 1.80. The maximum absolute atomic E-state index is 13.0. The predicted molar refractivity (Wildman–Crippen MR) is 77.6 cm³/mol. The van der Waals surface area contributed by atoms with Crippen molar-refractivity contribution < 1.29 is 12.8 Å². The fourth-order valence-corrected chi connectivity index (χ4v) is 4.03. The van der Waals surface area contributed by atoms with Crippen LogP contribution in [0.2, 0.25) is 0 Å². The Hall–Kier alpha value is -1.41. The lowest BCUT2D eigenvalue weighted by molar-refractivity contribution is 0.598. The zero-order valence-electron chi connectivity index (χ0n) is 11.1. The van der Waals surface area contributed by atoms with E-state index in [0.717, 1.165) is 12.1 Å². The molecule has 2 rings (SSSR count). The standard InChI is InChI=1S/C12H13BrFN3O2S/c1-7-12(8(2)17(3)15-7)16-20(18,19)11-5-4-9(14)6-10(11)13/h4-6,16H,1-3H3. The van der Waals surface area contributed by atoms with E-state index in [1.807, 2.05) is 0 Å². The minimum atomic E-state index is -3.81. The van der Waals surface area contributed by atoms with Crippen LogP contribution in [0.1, 0.15) is 11.4 Å². The summed E-state index contributed by atoms with van der Waals surface area (Å²) in [6, 6.07) is 3.42. The molecule has 1 aromatic carbocycles. The van der Waals surface area contributed by atoms with Crippen molar-refractivity contribution in [2.24, 2.45) is 7.05 Å². The summed E-state index contributed by atoms with van der Waals surface area (Å²) < 4.78 is 42.0. The Labute approximate surface area is 125 Å². The molecule has 0 fully saturated rings. The first-order chi connectivity index (χ1) is 9.22. The van der Waals surface area contributed by atoms with E-state index >= 15 is 0 Å². The summed E-state index contributed by atoms with van der Waals surface area (Å²) in [4.78, 5) is -0.0263. The van der Waals surface area contributed by atoms with Gasteiger partial charge in [0.15, 0.2) is 0 Å². The number of nitrogens with one attached hydrogen (secondary N) is 1. The number of nitrogens with zero attached hydrogens (tertiary/aromatic N) is 2. The minimum absolute atomic E-state index is 0.0263. The van der Waals surface area contributed by atoms with Gasteiger partial charge >= 0.3 is 0 Å². The highest BCUT2D eigenvalue weighted by atomic mass is 79.9. The highest BCUT2D eigenvalue weighted by Gasteiger charge is 2.21. The van der Waals surface area contributed by atoms with E-state index < -0.39 is 15.8 Å². The second-order valence-corrected chi connectivity index (χ2v) is 6.85. The Bertz CT molecular complexity index is 771. The summed E-state index contributed by atoms with van der Waals surface area (Å²) in [5, 5.41) is 4.14. The minimum Gasteiger partial charge on any atom is -0.276 e. The van der Waals surface area contributed by atoms with Crippen molar-refractivity contribution in [2.45, 2.75) is 18.7 Å². The molecule has 0 amide bonds. The maximum Gasteiger partial charge on any atom is 0.263 e. The normalized spacial score (nSPS) is 11.7. The van der Waals surface area contributed by atoms with Crippen molar-refractivity contribution in [2.75, 3.05) is 4.72 Å². The van der Waals surface area contributed by atoms with Gasteiger partial charge in [0.05, 0.1) is 17.1 Å². The Morgan fingerprint density at radius 3 is 2.50 bits per heavy atom. The SMILES string of the molecule is Cc1nn(C)c(C)c1NS(=O)(=O)c1ccc(F)cc1Br. The molecule has 108 valence electrons. The van der Waals surface area contributed by atoms with Gasteiger partial charge in [0.1, 0.15) is 10.7 Å². The van der Waals surface area contributed by atoms with Crippen LogP contribution in [0.5, 0.6) is 0 Å². The van der Waals surface area contributed by atoms with Crippen molar-refractivity contribution in [3.63, 3.8) is 0 Å². The first-order valence-electron chi connectivity index (χ1n) is 5.70. The summed E-state index contributed by atoms with van der Waals surface area (Å²) in [6.07, 6.45) is 0. The molecule has 0 atom stereocenters. The number of hydrogen-bond acceptors (Lipinski definition) is 3. The lowest BCUT2D eigenvalue weighted by Crippen LogP contribution is -2.14.